The van der Waals surface area contributed by atoms with Crippen LogP contribution in [0.1, 0.15) is 17.3 Å². The minimum atomic E-state index is -0.406. The molecule has 30 heavy (non-hydrogen) atoms. The number of halogens is 1. The van der Waals surface area contributed by atoms with Gasteiger partial charge in [0.2, 0.25) is 0 Å². The van der Waals surface area contributed by atoms with Gasteiger partial charge < -0.3 is 20.1 Å². The van der Waals surface area contributed by atoms with Crippen molar-refractivity contribution in [3.63, 3.8) is 0 Å². The van der Waals surface area contributed by atoms with Gasteiger partial charge in [-0.2, -0.15) is 0 Å². The third-order valence-electron chi connectivity index (χ3n) is 4.06. The van der Waals surface area contributed by atoms with E-state index in [0.29, 0.717) is 34.3 Å². The highest BCUT2D eigenvalue weighted by Gasteiger charge is 2.14. The molecule has 0 aliphatic carbocycles. The number of carbonyl (C=O) groups excluding carboxylic acids is 2. The molecular weight excluding hydrogens is 404 g/mol. The van der Waals surface area contributed by atoms with Crippen LogP contribution in [0.15, 0.2) is 72.8 Å². The average Bonchev–Trinajstić information content (AvgIpc) is 2.75. The molecule has 0 unspecified atom stereocenters. The van der Waals surface area contributed by atoms with Crippen LogP contribution in [0.5, 0.6) is 11.5 Å². The van der Waals surface area contributed by atoms with Gasteiger partial charge in [0, 0.05) is 5.69 Å². The van der Waals surface area contributed by atoms with Crippen LogP contribution >= 0.6 is 11.6 Å². The second kappa shape index (κ2) is 10.3. The van der Waals surface area contributed by atoms with Crippen molar-refractivity contribution in [1.82, 2.24) is 0 Å². The van der Waals surface area contributed by atoms with E-state index in [0.717, 1.165) is 5.75 Å². The van der Waals surface area contributed by atoms with Crippen molar-refractivity contribution in [3.05, 3.63) is 83.4 Å². The number of hydrogen-bond acceptors (Lipinski definition) is 4. The monoisotopic (exact) mass is 424 g/mol. The lowest BCUT2D eigenvalue weighted by Gasteiger charge is -2.13. The van der Waals surface area contributed by atoms with Crippen LogP contribution in [0.4, 0.5) is 11.4 Å². The molecule has 3 aromatic carbocycles. The van der Waals surface area contributed by atoms with Crippen molar-refractivity contribution in [2.45, 2.75) is 6.92 Å². The SMILES string of the molecule is CCOc1ccc(NC(=O)c2ccccc2NC(=O)COc2ccccc2Cl)cc1. The summed E-state index contributed by atoms with van der Waals surface area (Å²) in [4.78, 5) is 25.0. The van der Waals surface area contributed by atoms with Crippen molar-refractivity contribution in [1.29, 1.82) is 0 Å². The van der Waals surface area contributed by atoms with Gasteiger partial charge in [0.05, 0.1) is 22.9 Å². The summed E-state index contributed by atoms with van der Waals surface area (Å²) in [6, 6.07) is 20.7. The number of carbonyl (C=O) groups is 2. The molecule has 2 amide bonds. The minimum Gasteiger partial charge on any atom is -0.494 e. The molecule has 0 heterocycles. The molecule has 6 nitrogen and oxygen atoms in total. The van der Waals surface area contributed by atoms with Crippen molar-refractivity contribution in [2.75, 3.05) is 23.8 Å². The van der Waals surface area contributed by atoms with Gasteiger partial charge in [0.15, 0.2) is 6.61 Å². The quantitative estimate of drug-likeness (QED) is 0.533. The predicted octanol–water partition coefficient (Wildman–Crippen LogP) is 5.01. The molecule has 0 saturated heterocycles. The Kier molecular flexibility index (Phi) is 7.29. The lowest BCUT2D eigenvalue weighted by atomic mass is 10.1. The summed E-state index contributed by atoms with van der Waals surface area (Å²) >= 11 is 6.02. The Morgan fingerprint density at radius 1 is 0.867 bits per heavy atom. The van der Waals surface area contributed by atoms with Gasteiger partial charge in [-0.25, -0.2) is 0 Å². The summed E-state index contributed by atoms with van der Waals surface area (Å²) in [7, 11) is 0. The number of amides is 2. The van der Waals surface area contributed by atoms with Crippen LogP contribution in [-0.2, 0) is 4.79 Å². The smallest absolute Gasteiger partial charge is 0.262 e. The minimum absolute atomic E-state index is 0.238. The van der Waals surface area contributed by atoms with E-state index in [4.69, 9.17) is 21.1 Å². The molecule has 2 N–H and O–H groups in total. The molecule has 154 valence electrons. The van der Waals surface area contributed by atoms with Gasteiger partial charge >= 0.3 is 0 Å². The first-order chi connectivity index (χ1) is 14.6. The number of para-hydroxylation sites is 2. The highest BCUT2D eigenvalue weighted by Crippen LogP contribution is 2.23. The topological polar surface area (TPSA) is 76.7 Å². The fraction of sp³-hybridized carbons (Fsp3) is 0.130. The molecule has 0 bridgehead atoms. The molecule has 0 fully saturated rings. The second-order valence-electron chi connectivity index (χ2n) is 6.22. The van der Waals surface area contributed by atoms with E-state index >= 15 is 0 Å². The van der Waals surface area contributed by atoms with Gasteiger partial charge in [-0.15, -0.1) is 0 Å². The number of benzene rings is 3. The summed E-state index contributed by atoms with van der Waals surface area (Å²) in [5.41, 5.74) is 1.33. The van der Waals surface area contributed by atoms with Gasteiger partial charge in [-0.1, -0.05) is 35.9 Å². The molecule has 0 radical (unpaired) electrons. The summed E-state index contributed by atoms with van der Waals surface area (Å²) in [5.74, 6) is 0.385. The Morgan fingerprint density at radius 2 is 1.57 bits per heavy atom. The van der Waals surface area contributed by atoms with E-state index in [9.17, 15) is 9.59 Å². The predicted molar refractivity (Wildman–Crippen MR) is 118 cm³/mol. The maximum absolute atomic E-state index is 12.7. The van der Waals surface area contributed by atoms with Crippen LogP contribution < -0.4 is 20.1 Å². The Bertz CT molecular complexity index is 1020. The molecule has 0 aromatic heterocycles. The summed E-state index contributed by atoms with van der Waals surface area (Å²) < 4.78 is 10.8. The fourth-order valence-corrected chi connectivity index (χ4v) is 2.87. The zero-order valence-corrected chi connectivity index (χ0v) is 17.1. The van der Waals surface area contributed by atoms with E-state index in [1.165, 1.54) is 0 Å². The van der Waals surface area contributed by atoms with Gasteiger partial charge in [-0.3, -0.25) is 9.59 Å². The number of ether oxygens (including phenoxy) is 2. The zero-order valence-electron chi connectivity index (χ0n) is 16.4. The number of hydrogen-bond donors (Lipinski definition) is 2. The molecule has 0 aliphatic rings. The van der Waals surface area contributed by atoms with E-state index < -0.39 is 5.91 Å². The van der Waals surface area contributed by atoms with E-state index in [1.807, 2.05) is 6.92 Å². The standard InChI is InChI=1S/C23H21ClN2O4/c1-2-29-17-13-11-16(12-14-17)25-23(28)18-7-3-5-9-20(18)26-22(27)15-30-21-10-6-4-8-19(21)24/h3-14H,2,15H2,1H3,(H,25,28)(H,26,27). The number of rotatable bonds is 8. The Hall–Kier alpha value is -3.51. The van der Waals surface area contributed by atoms with Gasteiger partial charge in [0.25, 0.3) is 11.8 Å². The third kappa shape index (κ3) is 5.75. The average molecular weight is 425 g/mol. The zero-order chi connectivity index (χ0) is 21.3. The Balaban J connectivity index is 1.63. The van der Waals surface area contributed by atoms with Crippen LogP contribution in [0.3, 0.4) is 0 Å². The Morgan fingerprint density at radius 3 is 2.30 bits per heavy atom. The molecule has 0 spiro atoms. The van der Waals surface area contributed by atoms with Crippen LogP contribution in [-0.4, -0.2) is 25.0 Å². The second-order valence-corrected chi connectivity index (χ2v) is 6.63. The van der Waals surface area contributed by atoms with Crippen molar-refractivity contribution >= 4 is 34.8 Å². The molecular formula is C23H21ClN2O4. The summed E-state index contributed by atoms with van der Waals surface area (Å²) in [6.45, 7) is 2.23. The van der Waals surface area contributed by atoms with Crippen LogP contribution in [0.25, 0.3) is 0 Å². The first-order valence-corrected chi connectivity index (χ1v) is 9.75. The molecule has 3 rings (SSSR count). The first kappa shape index (κ1) is 21.2. The molecule has 0 atom stereocenters. The lowest BCUT2D eigenvalue weighted by molar-refractivity contribution is -0.118. The van der Waals surface area contributed by atoms with Crippen molar-refractivity contribution in [2.24, 2.45) is 0 Å². The highest BCUT2D eigenvalue weighted by molar-refractivity contribution is 6.32. The number of anilines is 2. The largest absolute Gasteiger partial charge is 0.494 e. The highest BCUT2D eigenvalue weighted by atomic mass is 35.5. The molecule has 0 aliphatic heterocycles. The fourth-order valence-electron chi connectivity index (χ4n) is 2.68. The van der Waals surface area contributed by atoms with E-state index in [-0.39, 0.29) is 12.5 Å². The Labute approximate surface area is 179 Å². The van der Waals surface area contributed by atoms with E-state index in [1.54, 1.807) is 72.8 Å². The van der Waals surface area contributed by atoms with Crippen LogP contribution in [0, 0.1) is 0 Å². The molecule has 0 saturated carbocycles. The lowest BCUT2D eigenvalue weighted by Crippen LogP contribution is -2.22. The first-order valence-electron chi connectivity index (χ1n) is 9.37. The maximum atomic E-state index is 12.7. The summed E-state index contributed by atoms with van der Waals surface area (Å²) in [6.07, 6.45) is 0. The normalized spacial score (nSPS) is 10.2. The van der Waals surface area contributed by atoms with Crippen LogP contribution in [0.2, 0.25) is 5.02 Å². The van der Waals surface area contributed by atoms with Crippen molar-refractivity contribution in [3.8, 4) is 11.5 Å². The van der Waals surface area contributed by atoms with E-state index in [2.05, 4.69) is 10.6 Å². The van der Waals surface area contributed by atoms with Gasteiger partial charge in [0.1, 0.15) is 11.5 Å². The third-order valence-corrected chi connectivity index (χ3v) is 4.38. The van der Waals surface area contributed by atoms with Crippen molar-refractivity contribution < 1.29 is 19.1 Å². The summed E-state index contributed by atoms with van der Waals surface area (Å²) in [5, 5.41) is 5.93. The van der Waals surface area contributed by atoms with Gasteiger partial charge in [-0.05, 0) is 55.5 Å². The molecule has 7 heteroatoms. The molecule has 3 aromatic rings. The maximum Gasteiger partial charge on any atom is 0.262 e. The number of nitrogens with one attached hydrogen (secondary N) is 2.